The Balaban J connectivity index is 1.54. The summed E-state index contributed by atoms with van der Waals surface area (Å²) in [6.45, 7) is 5.65. The Bertz CT molecular complexity index is 466. The summed E-state index contributed by atoms with van der Waals surface area (Å²) in [4.78, 5) is 15.7. The number of nitrogens with one attached hydrogen (secondary N) is 1. The first-order valence-corrected chi connectivity index (χ1v) is 7.70. The third kappa shape index (κ3) is 2.83. The fourth-order valence-corrected chi connectivity index (χ4v) is 3.56. The molecule has 1 atom stereocenters. The summed E-state index contributed by atoms with van der Waals surface area (Å²) in [6, 6.07) is 2.14. The van der Waals surface area contributed by atoms with Crippen LogP contribution in [0, 0.1) is 0 Å². The maximum absolute atomic E-state index is 12.3. The molecule has 2 aliphatic rings. The fraction of sp³-hybridized carbons (Fsp3) is 0.643. The van der Waals surface area contributed by atoms with Gasteiger partial charge in [-0.2, -0.15) is 0 Å². The maximum Gasteiger partial charge on any atom is 0.236 e. The monoisotopic (exact) mass is 280 g/mol. The summed E-state index contributed by atoms with van der Waals surface area (Å²) in [5.41, 5.74) is 1.29. The number of thiophene rings is 1. The van der Waals surface area contributed by atoms with Gasteiger partial charge in [-0.15, -0.1) is 11.3 Å². The number of fused-ring (bicyclic) bond motifs is 1. The van der Waals surface area contributed by atoms with Crippen LogP contribution in [0.5, 0.6) is 0 Å². The van der Waals surface area contributed by atoms with Gasteiger partial charge in [0.2, 0.25) is 5.91 Å². The van der Waals surface area contributed by atoms with Crippen molar-refractivity contribution < 1.29 is 9.53 Å². The van der Waals surface area contributed by atoms with Crippen LogP contribution in [0.25, 0.3) is 0 Å². The van der Waals surface area contributed by atoms with E-state index in [0.29, 0.717) is 13.2 Å². The summed E-state index contributed by atoms with van der Waals surface area (Å²) in [5.74, 6) is 0.199. The zero-order valence-corrected chi connectivity index (χ0v) is 12.1. The summed E-state index contributed by atoms with van der Waals surface area (Å²) < 4.78 is 5.39. The second-order valence-electron chi connectivity index (χ2n) is 5.65. The lowest BCUT2D eigenvalue weighted by atomic mass is 10.0. The Labute approximate surface area is 117 Å². The van der Waals surface area contributed by atoms with Gasteiger partial charge in [-0.1, -0.05) is 0 Å². The van der Waals surface area contributed by atoms with Crippen molar-refractivity contribution in [2.45, 2.75) is 31.8 Å². The van der Waals surface area contributed by atoms with E-state index in [-0.39, 0.29) is 11.4 Å². The molecule has 104 valence electrons. The van der Waals surface area contributed by atoms with Crippen molar-refractivity contribution in [3.05, 3.63) is 21.9 Å². The molecule has 1 saturated heterocycles. The average Bonchev–Trinajstić information content (AvgIpc) is 3.04. The molecule has 19 heavy (non-hydrogen) atoms. The Morgan fingerprint density at radius 3 is 3.32 bits per heavy atom. The van der Waals surface area contributed by atoms with Gasteiger partial charge in [0.15, 0.2) is 0 Å². The van der Waals surface area contributed by atoms with Crippen LogP contribution in [-0.2, 0) is 22.5 Å². The molecule has 0 spiro atoms. The van der Waals surface area contributed by atoms with E-state index in [1.165, 1.54) is 10.4 Å². The van der Waals surface area contributed by atoms with Gasteiger partial charge >= 0.3 is 0 Å². The Hall–Kier alpha value is -0.910. The number of hydrogen-bond acceptors (Lipinski definition) is 4. The minimum atomic E-state index is -0.0288. The summed E-state index contributed by atoms with van der Waals surface area (Å²) in [5, 5.41) is 5.48. The molecule has 0 aliphatic carbocycles. The Kier molecular flexibility index (Phi) is 3.60. The van der Waals surface area contributed by atoms with Gasteiger partial charge in [0.1, 0.15) is 0 Å². The van der Waals surface area contributed by atoms with Crippen molar-refractivity contribution in [1.82, 2.24) is 10.2 Å². The van der Waals surface area contributed by atoms with Crippen LogP contribution in [0.4, 0.5) is 0 Å². The summed E-state index contributed by atoms with van der Waals surface area (Å²) >= 11 is 1.80. The summed E-state index contributed by atoms with van der Waals surface area (Å²) in [7, 11) is 0. The first kappa shape index (κ1) is 13.1. The molecule has 5 heteroatoms. The highest BCUT2D eigenvalue weighted by Gasteiger charge is 2.30. The zero-order chi connectivity index (χ0) is 13.3. The number of hydrogen-bond donors (Lipinski definition) is 1. The molecule has 1 aromatic rings. The number of rotatable bonds is 3. The highest BCUT2D eigenvalue weighted by molar-refractivity contribution is 7.10. The van der Waals surface area contributed by atoms with E-state index >= 15 is 0 Å². The minimum Gasteiger partial charge on any atom is -0.379 e. The number of nitrogens with zero attached hydrogens (tertiary/aromatic N) is 1. The van der Waals surface area contributed by atoms with E-state index in [4.69, 9.17) is 4.74 Å². The van der Waals surface area contributed by atoms with Crippen LogP contribution < -0.4 is 5.32 Å². The van der Waals surface area contributed by atoms with Gasteiger partial charge in [-0.05, 0) is 36.8 Å². The SMILES string of the molecule is CC1(NCC(=O)N2CCc3sccc3C2)CCOC1. The number of carbonyl (C=O) groups excluding carboxylic acids is 1. The Morgan fingerprint density at radius 1 is 1.63 bits per heavy atom. The maximum atomic E-state index is 12.3. The van der Waals surface area contributed by atoms with E-state index in [1.807, 2.05) is 4.90 Å². The van der Waals surface area contributed by atoms with Crippen LogP contribution in [-0.4, -0.2) is 42.6 Å². The smallest absolute Gasteiger partial charge is 0.236 e. The molecule has 0 aromatic carbocycles. The molecule has 1 fully saturated rings. The molecule has 4 nitrogen and oxygen atoms in total. The molecule has 3 rings (SSSR count). The lowest BCUT2D eigenvalue weighted by molar-refractivity contribution is -0.131. The van der Waals surface area contributed by atoms with Crippen molar-refractivity contribution in [3.8, 4) is 0 Å². The number of ether oxygens (including phenoxy) is 1. The molecular weight excluding hydrogens is 260 g/mol. The second-order valence-corrected chi connectivity index (χ2v) is 6.65. The van der Waals surface area contributed by atoms with Crippen molar-refractivity contribution >= 4 is 17.2 Å². The van der Waals surface area contributed by atoms with Crippen molar-refractivity contribution in [2.24, 2.45) is 0 Å². The van der Waals surface area contributed by atoms with Crippen LogP contribution in [0.2, 0.25) is 0 Å². The predicted octanol–water partition coefficient (Wildman–Crippen LogP) is 1.40. The molecule has 1 unspecified atom stereocenters. The van der Waals surface area contributed by atoms with Crippen molar-refractivity contribution in [2.75, 3.05) is 26.3 Å². The van der Waals surface area contributed by atoms with E-state index in [2.05, 4.69) is 23.7 Å². The third-order valence-electron chi connectivity index (χ3n) is 4.05. The molecule has 1 aromatic heterocycles. The van der Waals surface area contributed by atoms with Crippen molar-refractivity contribution in [1.29, 1.82) is 0 Å². The first-order chi connectivity index (χ1) is 9.16. The molecule has 3 heterocycles. The fourth-order valence-electron chi connectivity index (χ4n) is 2.67. The van der Waals surface area contributed by atoms with E-state index in [0.717, 1.165) is 32.5 Å². The van der Waals surface area contributed by atoms with Gasteiger partial charge in [0.05, 0.1) is 13.2 Å². The molecule has 2 aliphatic heterocycles. The van der Waals surface area contributed by atoms with Gasteiger partial charge in [-0.25, -0.2) is 0 Å². The molecule has 1 amide bonds. The number of carbonyl (C=O) groups is 1. The van der Waals surface area contributed by atoms with Crippen LogP contribution >= 0.6 is 11.3 Å². The summed E-state index contributed by atoms with van der Waals surface area (Å²) in [6.07, 6.45) is 1.98. The average molecular weight is 280 g/mol. The predicted molar refractivity (Wildman–Crippen MR) is 75.3 cm³/mol. The standard InChI is InChI=1S/C14H20N2O2S/c1-14(4-6-18-10-14)15-8-13(17)16-5-2-12-11(9-16)3-7-19-12/h3,7,15H,2,4-6,8-10H2,1H3. The normalized spacial score (nSPS) is 26.5. The van der Waals surface area contributed by atoms with Gasteiger partial charge in [-0.3, -0.25) is 4.79 Å². The molecule has 0 saturated carbocycles. The van der Waals surface area contributed by atoms with Gasteiger partial charge in [0, 0.05) is 30.1 Å². The second kappa shape index (κ2) is 5.23. The van der Waals surface area contributed by atoms with Gasteiger partial charge < -0.3 is 15.0 Å². The lowest BCUT2D eigenvalue weighted by Gasteiger charge is -2.29. The van der Waals surface area contributed by atoms with E-state index in [1.54, 1.807) is 11.3 Å². The van der Waals surface area contributed by atoms with E-state index in [9.17, 15) is 4.79 Å². The lowest BCUT2D eigenvalue weighted by Crippen LogP contribution is -2.49. The van der Waals surface area contributed by atoms with E-state index < -0.39 is 0 Å². The quantitative estimate of drug-likeness (QED) is 0.910. The first-order valence-electron chi connectivity index (χ1n) is 6.82. The highest BCUT2D eigenvalue weighted by Crippen LogP contribution is 2.24. The zero-order valence-electron chi connectivity index (χ0n) is 11.3. The topological polar surface area (TPSA) is 41.6 Å². The highest BCUT2D eigenvalue weighted by atomic mass is 32.1. The molecule has 0 radical (unpaired) electrons. The molecule has 0 bridgehead atoms. The minimum absolute atomic E-state index is 0.0288. The van der Waals surface area contributed by atoms with Crippen LogP contribution in [0.1, 0.15) is 23.8 Å². The largest absolute Gasteiger partial charge is 0.379 e. The number of amides is 1. The molecular formula is C14H20N2O2S. The van der Waals surface area contributed by atoms with Crippen molar-refractivity contribution in [3.63, 3.8) is 0 Å². The Morgan fingerprint density at radius 2 is 2.53 bits per heavy atom. The van der Waals surface area contributed by atoms with Crippen LogP contribution in [0.15, 0.2) is 11.4 Å². The van der Waals surface area contributed by atoms with Gasteiger partial charge in [0.25, 0.3) is 0 Å². The molecule has 1 N–H and O–H groups in total. The van der Waals surface area contributed by atoms with Crippen LogP contribution in [0.3, 0.4) is 0 Å². The third-order valence-corrected chi connectivity index (χ3v) is 5.07.